The quantitative estimate of drug-likeness (QED) is 0.723. The predicted octanol–water partition coefficient (Wildman–Crippen LogP) is 0.606. The fraction of sp³-hybridized carbons (Fsp3) is 0.300. The largest absolute Gasteiger partial charge is 0.323 e. The minimum Gasteiger partial charge on any atom is -0.263 e. The first-order valence-corrected chi connectivity index (χ1v) is 6.20. The van der Waals surface area contributed by atoms with Gasteiger partial charge in [0.15, 0.2) is 0 Å². The molecule has 0 aliphatic rings. The number of rotatable bonds is 6. The minimum atomic E-state index is -3.48. The molecule has 1 radical (unpaired) electrons. The molecule has 0 unspecified atom stereocenters. The van der Waals surface area contributed by atoms with Crippen molar-refractivity contribution in [2.75, 3.05) is 5.75 Å². The van der Waals surface area contributed by atoms with Gasteiger partial charge in [-0.15, -0.1) is 0 Å². The summed E-state index contributed by atoms with van der Waals surface area (Å²) in [6.45, 7) is 0. The molecule has 0 aromatic heterocycles. The number of nitrogens with one attached hydrogen (secondary N) is 1. The van der Waals surface area contributed by atoms with Crippen molar-refractivity contribution in [3.63, 3.8) is 0 Å². The van der Waals surface area contributed by atoms with Crippen molar-refractivity contribution in [2.24, 2.45) is 0 Å². The molecule has 1 rings (SSSR count). The van der Waals surface area contributed by atoms with Crippen LogP contribution < -0.4 is 4.72 Å². The second-order valence-corrected chi connectivity index (χ2v) is 4.95. The van der Waals surface area contributed by atoms with Gasteiger partial charge in [0.25, 0.3) is 0 Å². The number of aryl methyl sites for hydroxylation is 1. The van der Waals surface area contributed by atoms with Crippen LogP contribution in [0.15, 0.2) is 30.3 Å². The van der Waals surface area contributed by atoms with E-state index in [-0.39, 0.29) is 5.75 Å². The van der Waals surface area contributed by atoms with Crippen molar-refractivity contribution in [3.8, 4) is 0 Å². The van der Waals surface area contributed by atoms with E-state index in [1.807, 2.05) is 30.3 Å². The van der Waals surface area contributed by atoms with Gasteiger partial charge in [-0.3, -0.25) is 4.79 Å². The molecule has 0 fully saturated rings. The molecule has 0 saturated carbocycles. The smallest absolute Gasteiger partial charge is 0.263 e. The van der Waals surface area contributed by atoms with E-state index in [1.165, 1.54) is 6.41 Å². The Morgan fingerprint density at radius 1 is 1.20 bits per heavy atom. The molecule has 0 aliphatic heterocycles. The van der Waals surface area contributed by atoms with Gasteiger partial charge in [0.1, 0.15) is 0 Å². The Balaban J connectivity index is 2.37. The number of benzene rings is 1. The van der Waals surface area contributed by atoms with E-state index in [2.05, 4.69) is 0 Å². The maximum atomic E-state index is 11.0. The number of hydrogen-bond acceptors (Lipinski definition) is 3. The van der Waals surface area contributed by atoms with Gasteiger partial charge in [-0.1, -0.05) is 30.3 Å². The summed E-state index contributed by atoms with van der Waals surface area (Å²) in [7, 11) is -3.48. The molecule has 81 valence electrons. The van der Waals surface area contributed by atoms with Crippen LogP contribution in [0, 0.1) is 0 Å². The Bertz CT molecular complexity index is 400. The third-order valence-electron chi connectivity index (χ3n) is 1.92. The van der Waals surface area contributed by atoms with Crippen LogP contribution in [0.25, 0.3) is 0 Å². The SMILES string of the molecule is O=[C]NS(=O)(=O)CCCc1ccccc1. The Labute approximate surface area is 89.4 Å². The Morgan fingerprint density at radius 3 is 2.47 bits per heavy atom. The normalized spacial score (nSPS) is 10.9. The molecule has 1 N–H and O–H groups in total. The summed E-state index contributed by atoms with van der Waals surface area (Å²) >= 11 is 0. The molecular formula is C10H12NO3S. The molecule has 0 spiro atoms. The minimum absolute atomic E-state index is 0.0584. The van der Waals surface area contributed by atoms with Gasteiger partial charge in [-0.25, -0.2) is 13.1 Å². The monoisotopic (exact) mass is 226 g/mol. The van der Waals surface area contributed by atoms with E-state index >= 15 is 0 Å². The molecule has 0 aliphatic carbocycles. The first-order valence-electron chi connectivity index (χ1n) is 4.54. The van der Waals surface area contributed by atoms with Crippen LogP contribution in [0.5, 0.6) is 0 Å². The van der Waals surface area contributed by atoms with Crippen molar-refractivity contribution in [1.82, 2.24) is 4.72 Å². The topological polar surface area (TPSA) is 63.2 Å². The lowest BCUT2D eigenvalue weighted by molar-refractivity contribution is 0.546. The molecule has 15 heavy (non-hydrogen) atoms. The summed E-state index contributed by atoms with van der Waals surface area (Å²) in [6, 6.07) is 9.59. The summed E-state index contributed by atoms with van der Waals surface area (Å²) in [4.78, 5) is 9.84. The highest BCUT2D eigenvalue weighted by Crippen LogP contribution is 2.03. The molecular weight excluding hydrogens is 214 g/mol. The highest BCUT2D eigenvalue weighted by atomic mass is 32.2. The number of amides is 1. The molecule has 1 aromatic rings. The number of carbonyl (C=O) groups excluding carboxylic acids is 1. The fourth-order valence-corrected chi connectivity index (χ4v) is 1.98. The van der Waals surface area contributed by atoms with Crippen LogP contribution in [0.2, 0.25) is 0 Å². The lowest BCUT2D eigenvalue weighted by Gasteiger charge is -2.01. The molecule has 1 amide bonds. The van der Waals surface area contributed by atoms with E-state index in [4.69, 9.17) is 0 Å². The lowest BCUT2D eigenvalue weighted by Crippen LogP contribution is -2.24. The third-order valence-corrected chi connectivity index (χ3v) is 3.14. The van der Waals surface area contributed by atoms with Crippen LogP contribution in [-0.4, -0.2) is 20.6 Å². The second kappa shape index (κ2) is 5.50. The zero-order valence-corrected chi connectivity index (χ0v) is 8.96. The summed E-state index contributed by atoms with van der Waals surface area (Å²) in [5, 5.41) is 0. The molecule has 0 saturated heterocycles. The first kappa shape index (κ1) is 11.7. The summed E-state index contributed by atoms with van der Waals surface area (Å²) < 4.78 is 23.8. The third kappa shape index (κ3) is 4.60. The van der Waals surface area contributed by atoms with Crippen molar-refractivity contribution < 1.29 is 13.2 Å². The predicted molar refractivity (Wildman–Crippen MR) is 57.4 cm³/mol. The average Bonchev–Trinajstić information content (AvgIpc) is 2.19. The summed E-state index contributed by atoms with van der Waals surface area (Å²) in [5.41, 5.74) is 1.09. The fourth-order valence-electron chi connectivity index (χ4n) is 1.23. The van der Waals surface area contributed by atoms with Crippen LogP contribution in [0.4, 0.5) is 0 Å². The van der Waals surface area contributed by atoms with Crippen molar-refractivity contribution >= 4 is 16.4 Å². The number of hydrogen-bond donors (Lipinski definition) is 1. The molecule has 4 nitrogen and oxygen atoms in total. The van der Waals surface area contributed by atoms with Crippen LogP contribution in [0.3, 0.4) is 0 Å². The Hall–Kier alpha value is -1.36. The van der Waals surface area contributed by atoms with E-state index in [1.54, 1.807) is 4.72 Å². The molecule has 5 heteroatoms. The molecule has 0 bridgehead atoms. The Morgan fingerprint density at radius 2 is 1.87 bits per heavy atom. The van der Waals surface area contributed by atoms with Gasteiger partial charge in [0, 0.05) is 0 Å². The van der Waals surface area contributed by atoms with Gasteiger partial charge in [-0.05, 0) is 18.4 Å². The molecule has 0 atom stereocenters. The maximum Gasteiger partial charge on any atom is 0.323 e. The van der Waals surface area contributed by atoms with Gasteiger partial charge in [-0.2, -0.15) is 0 Å². The van der Waals surface area contributed by atoms with Gasteiger partial charge in [0.2, 0.25) is 10.0 Å². The Kier molecular flexibility index (Phi) is 4.30. The van der Waals surface area contributed by atoms with Crippen LogP contribution in [0.1, 0.15) is 12.0 Å². The van der Waals surface area contributed by atoms with E-state index in [0.29, 0.717) is 12.8 Å². The maximum absolute atomic E-state index is 11.0. The molecule has 1 aromatic carbocycles. The van der Waals surface area contributed by atoms with Gasteiger partial charge < -0.3 is 0 Å². The van der Waals surface area contributed by atoms with E-state index in [9.17, 15) is 13.2 Å². The van der Waals surface area contributed by atoms with Gasteiger partial charge in [0.05, 0.1) is 5.75 Å². The second-order valence-electron chi connectivity index (χ2n) is 3.11. The standard InChI is InChI=1S/C10H12NO3S/c12-9-11-15(13,14)8-4-7-10-5-2-1-3-6-10/h1-3,5-6H,4,7-8H2,(H,11,12). The zero-order chi connectivity index (χ0) is 11.1. The zero-order valence-electron chi connectivity index (χ0n) is 8.14. The van der Waals surface area contributed by atoms with E-state index in [0.717, 1.165) is 5.56 Å². The average molecular weight is 226 g/mol. The lowest BCUT2D eigenvalue weighted by atomic mass is 10.1. The van der Waals surface area contributed by atoms with Crippen molar-refractivity contribution in [1.29, 1.82) is 0 Å². The highest BCUT2D eigenvalue weighted by molar-refractivity contribution is 7.89. The van der Waals surface area contributed by atoms with Crippen molar-refractivity contribution in [3.05, 3.63) is 35.9 Å². The van der Waals surface area contributed by atoms with Crippen molar-refractivity contribution in [2.45, 2.75) is 12.8 Å². The summed E-state index contributed by atoms with van der Waals surface area (Å²) in [6.07, 6.45) is 2.34. The first-order chi connectivity index (χ1) is 7.14. The van der Waals surface area contributed by atoms with Gasteiger partial charge >= 0.3 is 6.41 Å². The molecule has 0 heterocycles. The number of sulfonamides is 1. The van der Waals surface area contributed by atoms with E-state index < -0.39 is 10.0 Å². The van der Waals surface area contributed by atoms with Crippen LogP contribution in [-0.2, 0) is 21.2 Å². The summed E-state index contributed by atoms with van der Waals surface area (Å²) in [5.74, 6) is -0.0584. The van der Waals surface area contributed by atoms with Crippen LogP contribution >= 0.6 is 0 Å². The highest BCUT2D eigenvalue weighted by Gasteiger charge is 2.08.